The van der Waals surface area contributed by atoms with Gasteiger partial charge in [0.05, 0.1) is 37.2 Å². The zero-order valence-corrected chi connectivity index (χ0v) is 17.3. The van der Waals surface area contributed by atoms with Crippen molar-refractivity contribution in [1.82, 2.24) is 9.78 Å². The maximum absolute atomic E-state index is 13.0. The van der Waals surface area contributed by atoms with Gasteiger partial charge < -0.3 is 14.4 Å². The van der Waals surface area contributed by atoms with Crippen molar-refractivity contribution in [2.75, 3.05) is 18.6 Å². The monoisotopic (exact) mass is 411 g/mol. The Morgan fingerprint density at radius 1 is 1.10 bits per heavy atom. The first-order chi connectivity index (χ1) is 14.0. The summed E-state index contributed by atoms with van der Waals surface area (Å²) in [6.07, 6.45) is 1.76. The molecule has 0 saturated carbocycles. The van der Waals surface area contributed by atoms with E-state index in [-0.39, 0.29) is 5.91 Å². The molecule has 0 aliphatic carbocycles. The van der Waals surface area contributed by atoms with Crippen molar-refractivity contribution in [2.24, 2.45) is 5.92 Å². The molecule has 0 unspecified atom stereocenters. The van der Waals surface area contributed by atoms with Crippen molar-refractivity contribution >= 4 is 23.2 Å². The first-order valence-corrected chi connectivity index (χ1v) is 9.81. The quantitative estimate of drug-likeness (QED) is 0.588. The Balaban J connectivity index is 1.56. The second kappa shape index (κ2) is 7.79. The number of nitrogens with zero attached hydrogens (tertiary/aromatic N) is 3. The number of hydrogen-bond donors (Lipinski definition) is 0. The van der Waals surface area contributed by atoms with E-state index in [2.05, 4.69) is 18.9 Å². The van der Waals surface area contributed by atoms with E-state index in [1.54, 1.807) is 35.0 Å². The van der Waals surface area contributed by atoms with E-state index in [1.165, 1.54) is 0 Å². The van der Waals surface area contributed by atoms with Crippen molar-refractivity contribution in [3.8, 4) is 17.2 Å². The normalized spacial score (nSPS) is 13.1. The van der Waals surface area contributed by atoms with Crippen LogP contribution >= 0.6 is 11.6 Å². The second-order valence-electron chi connectivity index (χ2n) is 7.34. The highest BCUT2D eigenvalue weighted by atomic mass is 35.5. The van der Waals surface area contributed by atoms with Gasteiger partial charge in [0.1, 0.15) is 0 Å². The topological polar surface area (TPSA) is 56.6 Å². The minimum absolute atomic E-state index is 0.0851. The number of hydrogen-bond acceptors (Lipinski definition) is 4. The highest BCUT2D eigenvalue weighted by molar-refractivity contribution is 6.30. The molecular weight excluding hydrogens is 390 g/mol. The summed E-state index contributed by atoms with van der Waals surface area (Å²) in [5, 5.41) is 5.24. The number of aromatic nitrogens is 2. The average molecular weight is 412 g/mol. The van der Waals surface area contributed by atoms with E-state index in [4.69, 9.17) is 21.1 Å². The molecule has 6 nitrogen and oxygen atoms in total. The first-order valence-electron chi connectivity index (χ1n) is 9.43. The predicted molar refractivity (Wildman–Crippen MR) is 112 cm³/mol. The summed E-state index contributed by atoms with van der Waals surface area (Å²) >= 11 is 5.95. The van der Waals surface area contributed by atoms with E-state index < -0.39 is 0 Å². The number of halogens is 1. The molecule has 1 aromatic heterocycles. The molecule has 0 radical (unpaired) electrons. The molecule has 0 fully saturated rings. The third kappa shape index (κ3) is 3.80. The van der Waals surface area contributed by atoms with Crippen molar-refractivity contribution in [3.63, 3.8) is 0 Å². The van der Waals surface area contributed by atoms with Crippen molar-refractivity contribution in [3.05, 3.63) is 64.9 Å². The summed E-state index contributed by atoms with van der Waals surface area (Å²) < 4.78 is 13.0. The Bertz CT molecular complexity index is 1040. The fourth-order valence-electron chi connectivity index (χ4n) is 3.21. The molecule has 1 aliphatic rings. The zero-order chi connectivity index (χ0) is 20.5. The van der Waals surface area contributed by atoms with Gasteiger partial charge >= 0.3 is 0 Å². The SMILES string of the molecule is COc1cc(N2Cc3nn(-c4ccc(Cl)cc4)cc3C2=O)ccc1OCC(C)C. The molecule has 7 heteroatoms. The van der Waals surface area contributed by atoms with Crippen molar-refractivity contribution in [1.29, 1.82) is 0 Å². The molecule has 4 rings (SSSR count). The van der Waals surface area contributed by atoms with Gasteiger partial charge in [0.2, 0.25) is 0 Å². The molecule has 3 aromatic rings. The summed E-state index contributed by atoms with van der Waals surface area (Å²) in [4.78, 5) is 14.7. The number of methoxy groups -OCH3 is 1. The molecular formula is C22H22ClN3O3. The predicted octanol–water partition coefficient (Wildman–Crippen LogP) is 4.73. The molecule has 0 spiro atoms. The first kappa shape index (κ1) is 19.3. The average Bonchev–Trinajstić information content (AvgIpc) is 3.26. The van der Waals surface area contributed by atoms with E-state index in [9.17, 15) is 4.79 Å². The Hall–Kier alpha value is -2.99. The number of carbonyl (C=O) groups excluding carboxylic acids is 1. The highest BCUT2D eigenvalue weighted by Crippen LogP contribution is 2.35. The van der Waals surface area contributed by atoms with Crippen LogP contribution in [0.4, 0.5) is 5.69 Å². The van der Waals surface area contributed by atoms with Gasteiger partial charge in [0.25, 0.3) is 5.91 Å². The maximum atomic E-state index is 13.0. The Labute approximate surface area is 174 Å². The molecule has 2 heterocycles. The summed E-state index contributed by atoms with van der Waals surface area (Å²) in [7, 11) is 1.60. The highest BCUT2D eigenvalue weighted by Gasteiger charge is 2.32. The van der Waals surface area contributed by atoms with Crippen LogP contribution in [0.1, 0.15) is 29.9 Å². The fourth-order valence-corrected chi connectivity index (χ4v) is 3.33. The van der Waals surface area contributed by atoms with Crippen molar-refractivity contribution < 1.29 is 14.3 Å². The van der Waals surface area contributed by atoms with Crippen LogP contribution < -0.4 is 14.4 Å². The van der Waals surface area contributed by atoms with Gasteiger partial charge in [0, 0.05) is 23.0 Å². The summed E-state index contributed by atoms with van der Waals surface area (Å²) in [6, 6.07) is 12.9. The van der Waals surface area contributed by atoms with Crippen LogP contribution in [0.2, 0.25) is 5.02 Å². The Morgan fingerprint density at radius 2 is 1.83 bits per heavy atom. The van der Waals surface area contributed by atoms with Gasteiger partial charge in [-0.15, -0.1) is 0 Å². The lowest BCUT2D eigenvalue weighted by atomic mass is 10.2. The van der Waals surface area contributed by atoms with Crippen LogP contribution in [-0.2, 0) is 6.54 Å². The Kier molecular flexibility index (Phi) is 5.20. The smallest absolute Gasteiger partial charge is 0.262 e. The fraction of sp³-hybridized carbons (Fsp3) is 0.273. The van der Waals surface area contributed by atoms with Gasteiger partial charge in [-0.05, 0) is 42.3 Å². The van der Waals surface area contributed by atoms with Crippen LogP contribution in [0.25, 0.3) is 5.69 Å². The molecule has 150 valence electrons. The van der Waals surface area contributed by atoms with Gasteiger partial charge in [-0.1, -0.05) is 25.4 Å². The lowest BCUT2D eigenvalue weighted by Gasteiger charge is -2.19. The largest absolute Gasteiger partial charge is 0.493 e. The number of amides is 1. The number of rotatable bonds is 6. The number of ether oxygens (including phenoxy) is 2. The van der Waals surface area contributed by atoms with Crippen LogP contribution in [0.15, 0.2) is 48.7 Å². The third-order valence-electron chi connectivity index (χ3n) is 4.70. The van der Waals surface area contributed by atoms with Crippen LogP contribution in [0.3, 0.4) is 0 Å². The lowest BCUT2D eigenvalue weighted by Crippen LogP contribution is -2.24. The minimum atomic E-state index is -0.0851. The second-order valence-corrected chi connectivity index (χ2v) is 7.78. The van der Waals surface area contributed by atoms with Gasteiger partial charge in [-0.25, -0.2) is 4.68 Å². The van der Waals surface area contributed by atoms with Gasteiger partial charge in [0.15, 0.2) is 11.5 Å². The molecule has 0 atom stereocenters. The number of carbonyl (C=O) groups is 1. The standard InChI is InChI=1S/C22H22ClN3O3/c1-14(2)13-29-20-9-8-17(10-21(20)28-3)25-12-19-18(22(25)27)11-26(24-19)16-6-4-15(23)5-7-16/h4-11,14H,12-13H2,1-3H3. The van der Waals surface area contributed by atoms with Gasteiger partial charge in [-0.2, -0.15) is 5.10 Å². The minimum Gasteiger partial charge on any atom is -0.493 e. The number of anilines is 1. The summed E-state index contributed by atoms with van der Waals surface area (Å²) in [5.74, 6) is 1.60. The molecule has 29 heavy (non-hydrogen) atoms. The van der Waals surface area contributed by atoms with E-state index in [0.717, 1.165) is 17.1 Å². The van der Waals surface area contributed by atoms with Crippen molar-refractivity contribution in [2.45, 2.75) is 20.4 Å². The molecule has 0 saturated heterocycles. The van der Waals surface area contributed by atoms with E-state index in [1.807, 2.05) is 30.3 Å². The number of fused-ring (bicyclic) bond motifs is 1. The molecule has 2 aromatic carbocycles. The molecule has 1 aliphatic heterocycles. The zero-order valence-electron chi connectivity index (χ0n) is 16.6. The third-order valence-corrected chi connectivity index (χ3v) is 4.95. The lowest BCUT2D eigenvalue weighted by molar-refractivity contribution is 0.0996. The Morgan fingerprint density at radius 3 is 2.48 bits per heavy atom. The van der Waals surface area contributed by atoms with Crippen LogP contribution in [0, 0.1) is 5.92 Å². The molecule has 0 bridgehead atoms. The molecule has 0 N–H and O–H groups in total. The van der Waals surface area contributed by atoms with Crippen LogP contribution in [0.5, 0.6) is 11.5 Å². The molecule has 1 amide bonds. The van der Waals surface area contributed by atoms with E-state index >= 15 is 0 Å². The summed E-state index contributed by atoms with van der Waals surface area (Å²) in [6.45, 7) is 5.18. The van der Waals surface area contributed by atoms with Gasteiger partial charge in [-0.3, -0.25) is 4.79 Å². The maximum Gasteiger partial charge on any atom is 0.262 e. The van der Waals surface area contributed by atoms with E-state index in [0.29, 0.717) is 41.2 Å². The van der Waals surface area contributed by atoms with Crippen LogP contribution in [-0.4, -0.2) is 29.4 Å². The number of benzene rings is 2. The summed E-state index contributed by atoms with van der Waals surface area (Å²) in [5.41, 5.74) is 2.94.